The van der Waals surface area contributed by atoms with Crippen molar-refractivity contribution in [3.05, 3.63) is 24.3 Å². The number of methoxy groups -OCH3 is 1. The Labute approximate surface area is 119 Å². The number of aliphatic imine (C=N–C) groups is 1. The Balaban J connectivity index is 2.11. The van der Waals surface area contributed by atoms with Crippen molar-refractivity contribution in [3.8, 4) is 5.75 Å². The van der Waals surface area contributed by atoms with Crippen molar-refractivity contribution in [2.24, 2.45) is 10.7 Å². The van der Waals surface area contributed by atoms with Crippen molar-refractivity contribution >= 4 is 23.4 Å². The minimum atomic E-state index is 0.374. The second kappa shape index (κ2) is 6.70. The van der Waals surface area contributed by atoms with Crippen LogP contribution in [0.4, 0.5) is 5.69 Å². The number of rotatable bonds is 6. The Morgan fingerprint density at radius 1 is 1.53 bits per heavy atom. The van der Waals surface area contributed by atoms with Crippen LogP contribution in [0.2, 0.25) is 0 Å². The number of thioether (sulfide) groups is 1. The van der Waals surface area contributed by atoms with Crippen LogP contribution in [-0.4, -0.2) is 37.7 Å². The summed E-state index contributed by atoms with van der Waals surface area (Å²) in [5, 5.41) is 0. The Morgan fingerprint density at radius 3 is 3.11 bits per heavy atom. The lowest BCUT2D eigenvalue weighted by Gasteiger charge is -2.26. The zero-order valence-corrected chi connectivity index (χ0v) is 12.3. The summed E-state index contributed by atoms with van der Waals surface area (Å²) in [7, 11) is 1.68. The van der Waals surface area contributed by atoms with E-state index in [0.29, 0.717) is 12.0 Å². The molecule has 2 N–H and O–H groups in total. The minimum absolute atomic E-state index is 0.374. The maximum atomic E-state index is 6.03. The molecule has 0 saturated heterocycles. The van der Waals surface area contributed by atoms with Gasteiger partial charge < -0.3 is 15.4 Å². The first kappa shape index (κ1) is 14.1. The number of ether oxygens (including phenoxy) is 1. The fourth-order valence-corrected chi connectivity index (χ4v) is 2.79. The first-order valence-electron chi connectivity index (χ1n) is 6.48. The van der Waals surface area contributed by atoms with Crippen LogP contribution in [0.3, 0.4) is 0 Å². The molecule has 0 amide bonds. The average molecular weight is 279 g/mol. The molecule has 1 unspecified atom stereocenters. The molecule has 2 rings (SSSR count). The molecular formula is C14H21N3OS. The predicted molar refractivity (Wildman–Crippen MR) is 83.4 cm³/mol. The van der Waals surface area contributed by atoms with Crippen molar-refractivity contribution in [2.75, 3.05) is 30.6 Å². The monoisotopic (exact) mass is 279 g/mol. The van der Waals surface area contributed by atoms with E-state index in [4.69, 9.17) is 10.5 Å². The highest BCUT2D eigenvalue weighted by molar-refractivity contribution is 7.98. The van der Waals surface area contributed by atoms with Gasteiger partial charge in [-0.2, -0.15) is 11.8 Å². The van der Waals surface area contributed by atoms with Gasteiger partial charge in [0.15, 0.2) is 5.96 Å². The molecule has 0 bridgehead atoms. The zero-order valence-electron chi connectivity index (χ0n) is 11.5. The molecule has 1 atom stereocenters. The molecule has 1 aliphatic rings. The molecule has 4 nitrogen and oxygen atoms in total. The molecule has 0 aliphatic carbocycles. The predicted octanol–water partition coefficient (Wildman–Crippen LogP) is 2.34. The Hall–Kier alpha value is -1.36. The van der Waals surface area contributed by atoms with Gasteiger partial charge in [-0.15, -0.1) is 0 Å². The zero-order chi connectivity index (χ0) is 13.7. The first-order chi connectivity index (χ1) is 9.26. The quantitative estimate of drug-likeness (QED) is 0.812. The second-order valence-electron chi connectivity index (χ2n) is 4.56. The van der Waals surface area contributed by atoms with Crippen LogP contribution < -0.4 is 15.4 Å². The number of nitrogens with zero attached hydrogens (tertiary/aromatic N) is 2. The van der Waals surface area contributed by atoms with E-state index in [1.54, 1.807) is 7.11 Å². The summed E-state index contributed by atoms with van der Waals surface area (Å²) >= 11 is 1.88. The largest absolute Gasteiger partial charge is 0.497 e. The molecule has 0 radical (unpaired) electrons. The minimum Gasteiger partial charge on any atom is -0.497 e. The van der Waals surface area contributed by atoms with E-state index < -0.39 is 0 Å². The molecule has 19 heavy (non-hydrogen) atoms. The smallest absolute Gasteiger partial charge is 0.196 e. The second-order valence-corrected chi connectivity index (χ2v) is 5.54. The van der Waals surface area contributed by atoms with Gasteiger partial charge in [-0.05, 0) is 37.0 Å². The highest BCUT2D eigenvalue weighted by Crippen LogP contribution is 2.26. The summed E-state index contributed by atoms with van der Waals surface area (Å²) in [5.74, 6) is 2.64. The van der Waals surface area contributed by atoms with E-state index in [9.17, 15) is 0 Å². The maximum absolute atomic E-state index is 6.03. The van der Waals surface area contributed by atoms with Gasteiger partial charge in [-0.25, -0.2) is 0 Å². The van der Waals surface area contributed by atoms with E-state index >= 15 is 0 Å². The third kappa shape index (κ3) is 3.35. The van der Waals surface area contributed by atoms with Gasteiger partial charge in [0.05, 0.1) is 19.7 Å². The Bertz CT molecular complexity index is 450. The lowest BCUT2D eigenvalue weighted by atomic mass is 10.1. The molecule has 0 aromatic heterocycles. The standard InChI is InChI=1S/C14H21N3OS/c1-18-13-7-3-5-11(9-13)17-12(6-4-8-19-2)10-16-14(17)15/h3,5,7,9,12H,4,6,8,10H2,1-2H3,(H2,15,16). The molecule has 1 aromatic rings. The molecular weight excluding hydrogens is 258 g/mol. The van der Waals surface area contributed by atoms with E-state index in [0.717, 1.165) is 24.4 Å². The average Bonchev–Trinajstić information content (AvgIpc) is 2.80. The van der Waals surface area contributed by atoms with E-state index in [-0.39, 0.29) is 0 Å². The van der Waals surface area contributed by atoms with Gasteiger partial charge in [0.2, 0.25) is 0 Å². The van der Waals surface area contributed by atoms with E-state index in [2.05, 4.69) is 22.2 Å². The summed E-state index contributed by atoms with van der Waals surface area (Å²) < 4.78 is 5.27. The molecule has 0 saturated carbocycles. The van der Waals surface area contributed by atoms with Crippen molar-refractivity contribution in [2.45, 2.75) is 18.9 Å². The molecule has 0 spiro atoms. The Morgan fingerprint density at radius 2 is 2.37 bits per heavy atom. The summed E-state index contributed by atoms with van der Waals surface area (Å²) in [5.41, 5.74) is 7.09. The lowest BCUT2D eigenvalue weighted by molar-refractivity contribution is 0.415. The maximum Gasteiger partial charge on any atom is 0.196 e. The number of guanidine groups is 1. The lowest BCUT2D eigenvalue weighted by Crippen LogP contribution is -2.40. The summed E-state index contributed by atoms with van der Waals surface area (Å²) in [6.07, 6.45) is 4.44. The van der Waals surface area contributed by atoms with Crippen LogP contribution in [0.1, 0.15) is 12.8 Å². The van der Waals surface area contributed by atoms with Gasteiger partial charge in [0.25, 0.3) is 0 Å². The van der Waals surface area contributed by atoms with Gasteiger partial charge in [-0.3, -0.25) is 4.99 Å². The first-order valence-corrected chi connectivity index (χ1v) is 7.87. The number of anilines is 1. The molecule has 1 aliphatic heterocycles. The van der Waals surface area contributed by atoms with Crippen LogP contribution >= 0.6 is 11.8 Å². The SMILES string of the molecule is COc1cccc(N2C(N)=NCC2CCCSC)c1. The molecule has 0 fully saturated rings. The third-order valence-electron chi connectivity index (χ3n) is 3.29. The highest BCUT2D eigenvalue weighted by Gasteiger charge is 2.27. The Kier molecular flexibility index (Phi) is 4.96. The number of benzene rings is 1. The van der Waals surface area contributed by atoms with E-state index in [1.807, 2.05) is 30.0 Å². The van der Waals surface area contributed by atoms with Crippen LogP contribution in [-0.2, 0) is 0 Å². The fourth-order valence-electron chi connectivity index (χ4n) is 2.33. The molecule has 104 valence electrons. The van der Waals surface area contributed by atoms with Crippen molar-refractivity contribution in [3.63, 3.8) is 0 Å². The summed E-state index contributed by atoms with van der Waals surface area (Å²) in [6.45, 7) is 0.789. The number of hydrogen-bond acceptors (Lipinski definition) is 5. The van der Waals surface area contributed by atoms with Crippen LogP contribution in [0.25, 0.3) is 0 Å². The van der Waals surface area contributed by atoms with Crippen molar-refractivity contribution < 1.29 is 4.74 Å². The summed E-state index contributed by atoms with van der Waals surface area (Å²) in [6, 6.07) is 8.36. The fraction of sp³-hybridized carbons (Fsp3) is 0.500. The number of hydrogen-bond donors (Lipinski definition) is 1. The van der Waals surface area contributed by atoms with E-state index in [1.165, 1.54) is 12.2 Å². The van der Waals surface area contributed by atoms with Crippen molar-refractivity contribution in [1.82, 2.24) is 0 Å². The molecule has 1 heterocycles. The van der Waals surface area contributed by atoms with Gasteiger partial charge in [0.1, 0.15) is 5.75 Å². The van der Waals surface area contributed by atoms with Crippen LogP contribution in [0, 0.1) is 0 Å². The van der Waals surface area contributed by atoms with Gasteiger partial charge >= 0.3 is 0 Å². The summed E-state index contributed by atoms with van der Waals surface area (Å²) in [4.78, 5) is 6.51. The third-order valence-corrected chi connectivity index (χ3v) is 3.99. The van der Waals surface area contributed by atoms with Crippen LogP contribution in [0.5, 0.6) is 5.75 Å². The van der Waals surface area contributed by atoms with Crippen LogP contribution in [0.15, 0.2) is 29.3 Å². The van der Waals surface area contributed by atoms with Gasteiger partial charge in [0, 0.05) is 11.8 Å². The van der Waals surface area contributed by atoms with Gasteiger partial charge in [-0.1, -0.05) is 6.07 Å². The van der Waals surface area contributed by atoms with Crippen molar-refractivity contribution in [1.29, 1.82) is 0 Å². The normalized spacial score (nSPS) is 18.5. The highest BCUT2D eigenvalue weighted by atomic mass is 32.2. The molecule has 1 aromatic carbocycles. The number of nitrogens with two attached hydrogens (primary N) is 1. The topological polar surface area (TPSA) is 50.9 Å². The molecule has 5 heteroatoms.